The Balaban J connectivity index is 1.47. The number of benzene rings is 1. The number of nitrogens with zero attached hydrogens (tertiary/aromatic N) is 3. The zero-order valence-electron chi connectivity index (χ0n) is 18.5. The fourth-order valence-corrected chi connectivity index (χ4v) is 5.86. The van der Waals surface area contributed by atoms with Crippen LogP contribution in [0.5, 0.6) is 5.75 Å². The van der Waals surface area contributed by atoms with Gasteiger partial charge in [-0.3, -0.25) is 9.59 Å². The van der Waals surface area contributed by atoms with Crippen LogP contribution in [0.15, 0.2) is 24.3 Å². The van der Waals surface area contributed by atoms with Crippen molar-refractivity contribution in [3.05, 3.63) is 29.8 Å². The molecule has 2 amide bonds. The van der Waals surface area contributed by atoms with Crippen molar-refractivity contribution in [2.75, 3.05) is 40.8 Å². The summed E-state index contributed by atoms with van der Waals surface area (Å²) in [6, 6.07) is 8.15. The molecule has 3 saturated heterocycles. The number of rotatable bonds is 5. The van der Waals surface area contributed by atoms with E-state index in [1.165, 1.54) is 45.2 Å². The van der Waals surface area contributed by atoms with Gasteiger partial charge in [-0.05, 0) is 62.4 Å². The van der Waals surface area contributed by atoms with E-state index in [0.29, 0.717) is 12.0 Å². The third-order valence-corrected chi connectivity index (χ3v) is 7.47. The molecule has 6 heteroatoms. The number of fused-ring (bicyclic) bond motifs is 1. The first-order chi connectivity index (χ1) is 14.5. The zero-order valence-corrected chi connectivity index (χ0v) is 18.5. The summed E-state index contributed by atoms with van der Waals surface area (Å²) in [6.45, 7) is 3.21. The van der Waals surface area contributed by atoms with Gasteiger partial charge in [0.05, 0.1) is 19.1 Å². The molecule has 0 bridgehead atoms. The van der Waals surface area contributed by atoms with Gasteiger partial charge in [-0.2, -0.15) is 0 Å². The molecule has 3 fully saturated rings. The summed E-state index contributed by atoms with van der Waals surface area (Å²) in [7, 11) is 5.38. The molecule has 0 aromatic heterocycles. The van der Waals surface area contributed by atoms with Crippen molar-refractivity contribution in [2.24, 2.45) is 11.8 Å². The Hall–Kier alpha value is -2.08. The van der Waals surface area contributed by atoms with Crippen LogP contribution < -0.4 is 4.74 Å². The normalized spacial score (nSPS) is 29.6. The Morgan fingerprint density at radius 2 is 1.87 bits per heavy atom. The number of piperidine rings is 2. The highest BCUT2D eigenvalue weighted by Gasteiger charge is 2.44. The lowest BCUT2D eigenvalue weighted by molar-refractivity contribution is -0.136. The highest BCUT2D eigenvalue weighted by Crippen LogP contribution is 2.39. The van der Waals surface area contributed by atoms with Gasteiger partial charge in [-0.1, -0.05) is 18.6 Å². The van der Waals surface area contributed by atoms with Gasteiger partial charge < -0.3 is 19.4 Å². The van der Waals surface area contributed by atoms with Crippen LogP contribution in [0.4, 0.5) is 0 Å². The number of ether oxygens (including phenoxy) is 1. The number of carbonyl (C=O) groups is 2. The number of methoxy groups -OCH3 is 1. The highest BCUT2D eigenvalue weighted by molar-refractivity contribution is 5.90. The maximum atomic E-state index is 13.5. The van der Waals surface area contributed by atoms with E-state index in [1.807, 2.05) is 43.3 Å². The van der Waals surface area contributed by atoms with E-state index in [9.17, 15) is 9.59 Å². The van der Waals surface area contributed by atoms with Gasteiger partial charge in [-0.15, -0.1) is 0 Å². The minimum Gasteiger partial charge on any atom is -0.497 e. The van der Waals surface area contributed by atoms with Crippen LogP contribution in [0.3, 0.4) is 0 Å². The smallest absolute Gasteiger partial charge is 0.228 e. The predicted octanol–water partition coefficient (Wildman–Crippen LogP) is 2.94. The first-order valence-electron chi connectivity index (χ1n) is 11.4. The van der Waals surface area contributed by atoms with E-state index in [-0.39, 0.29) is 30.2 Å². The van der Waals surface area contributed by atoms with E-state index in [4.69, 9.17) is 4.74 Å². The topological polar surface area (TPSA) is 53.1 Å². The maximum Gasteiger partial charge on any atom is 0.228 e. The molecule has 3 aliphatic heterocycles. The number of carbonyl (C=O) groups excluding carboxylic acids is 2. The van der Waals surface area contributed by atoms with E-state index in [1.54, 1.807) is 12.0 Å². The van der Waals surface area contributed by atoms with Gasteiger partial charge in [-0.25, -0.2) is 0 Å². The molecule has 1 aromatic rings. The average molecular weight is 414 g/mol. The minimum atomic E-state index is -0.327. The molecule has 3 heterocycles. The van der Waals surface area contributed by atoms with Crippen molar-refractivity contribution in [3.8, 4) is 5.75 Å². The first kappa shape index (κ1) is 21.2. The lowest BCUT2D eigenvalue weighted by atomic mass is 9.83. The van der Waals surface area contributed by atoms with Crippen molar-refractivity contribution in [1.29, 1.82) is 0 Å². The molecule has 0 radical (unpaired) electrons. The van der Waals surface area contributed by atoms with Crippen molar-refractivity contribution in [1.82, 2.24) is 14.7 Å². The van der Waals surface area contributed by atoms with Crippen LogP contribution in [-0.2, 0) is 9.59 Å². The lowest BCUT2D eigenvalue weighted by Gasteiger charge is -2.45. The molecule has 4 unspecified atom stereocenters. The number of likely N-dealkylation sites (tertiary alicyclic amines) is 1. The minimum absolute atomic E-state index is 0.0405. The monoisotopic (exact) mass is 413 g/mol. The summed E-state index contributed by atoms with van der Waals surface area (Å²) in [5.41, 5.74) is 0.993. The van der Waals surface area contributed by atoms with Crippen LogP contribution in [0, 0.1) is 11.8 Å². The van der Waals surface area contributed by atoms with Crippen molar-refractivity contribution in [2.45, 2.75) is 50.6 Å². The number of hydrogen-bond acceptors (Lipinski definition) is 4. The van der Waals surface area contributed by atoms with Crippen molar-refractivity contribution >= 4 is 11.8 Å². The van der Waals surface area contributed by atoms with E-state index >= 15 is 0 Å². The summed E-state index contributed by atoms with van der Waals surface area (Å²) in [5, 5.41) is 0. The summed E-state index contributed by atoms with van der Waals surface area (Å²) in [5.74, 6) is 1.13. The standard InChI is InChI=1S/C24H35N3O3/c1-25(16-18-7-6-14-27-13-5-4-8-21(18)27)24(29)20-15-22(28)26(2)23(20)17-9-11-19(30-3)12-10-17/h9-12,18,20-21,23H,4-8,13-16H2,1-3H3. The Morgan fingerprint density at radius 1 is 1.13 bits per heavy atom. The van der Waals surface area contributed by atoms with Gasteiger partial charge in [0.15, 0.2) is 0 Å². The van der Waals surface area contributed by atoms with Crippen LogP contribution in [0.2, 0.25) is 0 Å². The van der Waals surface area contributed by atoms with Crippen molar-refractivity contribution in [3.63, 3.8) is 0 Å². The van der Waals surface area contributed by atoms with Gasteiger partial charge in [0.25, 0.3) is 0 Å². The Bertz CT molecular complexity index is 763. The maximum absolute atomic E-state index is 13.5. The molecular formula is C24H35N3O3. The van der Waals surface area contributed by atoms with Crippen LogP contribution in [-0.4, -0.2) is 73.4 Å². The number of hydrogen-bond donors (Lipinski definition) is 0. The Kier molecular flexibility index (Phi) is 6.32. The molecule has 0 saturated carbocycles. The predicted molar refractivity (Wildman–Crippen MR) is 116 cm³/mol. The zero-order chi connectivity index (χ0) is 21.3. The van der Waals surface area contributed by atoms with Crippen LogP contribution in [0.1, 0.15) is 50.1 Å². The van der Waals surface area contributed by atoms with Gasteiger partial charge in [0, 0.05) is 33.1 Å². The first-order valence-corrected chi connectivity index (χ1v) is 11.4. The lowest BCUT2D eigenvalue weighted by Crippen LogP contribution is -2.51. The van der Waals surface area contributed by atoms with Crippen molar-refractivity contribution < 1.29 is 14.3 Å². The van der Waals surface area contributed by atoms with E-state index in [2.05, 4.69) is 4.90 Å². The SMILES string of the molecule is COc1ccc(C2C(C(=O)N(C)CC3CCCN4CCCCC34)CC(=O)N2C)cc1. The molecule has 4 atom stereocenters. The molecule has 0 spiro atoms. The largest absolute Gasteiger partial charge is 0.497 e. The van der Waals surface area contributed by atoms with E-state index in [0.717, 1.165) is 17.9 Å². The Morgan fingerprint density at radius 3 is 2.60 bits per heavy atom. The number of amides is 2. The highest BCUT2D eigenvalue weighted by atomic mass is 16.5. The molecule has 6 nitrogen and oxygen atoms in total. The van der Waals surface area contributed by atoms with E-state index < -0.39 is 0 Å². The summed E-state index contributed by atoms with van der Waals surface area (Å²) < 4.78 is 5.26. The fourth-order valence-electron chi connectivity index (χ4n) is 5.86. The molecule has 0 N–H and O–H groups in total. The van der Waals surface area contributed by atoms with Crippen LogP contribution >= 0.6 is 0 Å². The molecule has 1 aromatic carbocycles. The fraction of sp³-hybridized carbons (Fsp3) is 0.667. The Labute approximate surface area is 180 Å². The third kappa shape index (κ3) is 4.07. The average Bonchev–Trinajstić information content (AvgIpc) is 3.07. The van der Waals surface area contributed by atoms with Gasteiger partial charge in [0.1, 0.15) is 5.75 Å². The molecule has 30 heavy (non-hydrogen) atoms. The molecule has 0 aliphatic carbocycles. The molecule has 164 valence electrons. The second-order valence-corrected chi connectivity index (χ2v) is 9.25. The van der Waals surface area contributed by atoms with Crippen LogP contribution in [0.25, 0.3) is 0 Å². The second-order valence-electron chi connectivity index (χ2n) is 9.25. The second kappa shape index (κ2) is 8.96. The molecule has 3 aliphatic rings. The summed E-state index contributed by atoms with van der Waals surface area (Å²) >= 11 is 0. The molecule has 4 rings (SSSR count). The summed E-state index contributed by atoms with van der Waals surface area (Å²) in [6.07, 6.45) is 6.57. The quantitative estimate of drug-likeness (QED) is 0.745. The third-order valence-electron chi connectivity index (χ3n) is 7.47. The van der Waals surface area contributed by atoms with Gasteiger partial charge >= 0.3 is 0 Å². The molecular weight excluding hydrogens is 378 g/mol. The van der Waals surface area contributed by atoms with Gasteiger partial charge in [0.2, 0.25) is 11.8 Å². The summed E-state index contributed by atoms with van der Waals surface area (Å²) in [4.78, 5) is 32.3.